The van der Waals surface area contributed by atoms with Crippen molar-refractivity contribution in [3.63, 3.8) is 0 Å². The van der Waals surface area contributed by atoms with Gasteiger partial charge in [0.05, 0.1) is 18.4 Å². The van der Waals surface area contributed by atoms with Gasteiger partial charge in [0.1, 0.15) is 0 Å². The van der Waals surface area contributed by atoms with Crippen LogP contribution in [0, 0.1) is 0 Å². The Labute approximate surface area is 156 Å². The first-order valence-corrected chi connectivity index (χ1v) is 10.8. The van der Waals surface area contributed by atoms with Crippen LogP contribution in [0.15, 0.2) is 29.3 Å². The number of hydrogen-bond donors (Lipinski definition) is 3. The molecule has 1 unspecified atom stereocenters. The summed E-state index contributed by atoms with van der Waals surface area (Å²) in [5, 5.41) is 3.00. The zero-order valence-corrected chi connectivity index (χ0v) is 16.4. The van der Waals surface area contributed by atoms with Gasteiger partial charge in [-0.05, 0) is 42.9 Å². The summed E-state index contributed by atoms with van der Waals surface area (Å²) in [6, 6.07) is 7.91. The number of benzene rings is 1. The normalized spacial score (nSPS) is 18.9. The lowest BCUT2D eigenvalue weighted by Gasteiger charge is -2.22. The van der Waals surface area contributed by atoms with Gasteiger partial charge in [0.15, 0.2) is 5.96 Å². The highest BCUT2D eigenvalue weighted by Crippen LogP contribution is 2.18. The molecule has 0 radical (unpaired) electrons. The third kappa shape index (κ3) is 7.31. The fraction of sp³-hybridized carbons (Fsp3) is 0.611. The first-order valence-electron chi connectivity index (χ1n) is 9.11. The molecular formula is C18H30N4O3S. The second-order valence-corrected chi connectivity index (χ2v) is 8.75. The Morgan fingerprint density at radius 1 is 1.38 bits per heavy atom. The van der Waals surface area contributed by atoms with Gasteiger partial charge in [0, 0.05) is 18.8 Å². The number of aliphatic imine (C=N–C) groups is 1. The quantitative estimate of drug-likeness (QED) is 0.471. The van der Waals surface area contributed by atoms with Crippen LogP contribution >= 0.6 is 0 Å². The molecule has 0 amide bonds. The average Bonchev–Trinajstić information content (AvgIpc) is 2.61. The predicted molar refractivity (Wildman–Crippen MR) is 106 cm³/mol. The second kappa shape index (κ2) is 9.89. The van der Waals surface area contributed by atoms with Crippen molar-refractivity contribution >= 4 is 21.7 Å². The molecule has 4 N–H and O–H groups in total. The maximum atomic E-state index is 12.0. The summed E-state index contributed by atoms with van der Waals surface area (Å²) in [6.07, 6.45) is 3.00. The van der Waals surface area contributed by atoms with Crippen LogP contribution < -0.4 is 15.8 Å². The monoisotopic (exact) mass is 382 g/mol. The van der Waals surface area contributed by atoms with Crippen LogP contribution in [0.3, 0.4) is 0 Å². The van der Waals surface area contributed by atoms with Gasteiger partial charge in [-0.3, -0.25) is 4.99 Å². The van der Waals surface area contributed by atoms with Crippen molar-refractivity contribution in [2.24, 2.45) is 10.7 Å². The van der Waals surface area contributed by atoms with Crippen molar-refractivity contribution in [1.82, 2.24) is 4.72 Å². The number of rotatable bonds is 8. The van der Waals surface area contributed by atoms with Gasteiger partial charge < -0.3 is 15.8 Å². The lowest BCUT2D eigenvalue weighted by molar-refractivity contribution is 0.0200. The molecule has 7 nitrogen and oxygen atoms in total. The number of guanidine groups is 1. The molecule has 1 saturated heterocycles. The molecule has 1 aromatic rings. The summed E-state index contributed by atoms with van der Waals surface area (Å²) in [5.74, 6) is 0.518. The van der Waals surface area contributed by atoms with Crippen molar-refractivity contribution < 1.29 is 13.2 Å². The van der Waals surface area contributed by atoms with E-state index in [0.29, 0.717) is 19.1 Å². The Bertz CT molecular complexity index is 698. The summed E-state index contributed by atoms with van der Waals surface area (Å²) < 4.78 is 32.2. The molecule has 1 aromatic carbocycles. The molecule has 1 aliphatic rings. The van der Waals surface area contributed by atoms with Crippen LogP contribution in [-0.2, 0) is 14.8 Å². The smallest absolute Gasteiger partial charge is 0.213 e. The van der Waals surface area contributed by atoms with E-state index in [1.54, 1.807) is 0 Å². The van der Waals surface area contributed by atoms with Crippen molar-refractivity contribution in [3.05, 3.63) is 29.8 Å². The molecule has 26 heavy (non-hydrogen) atoms. The van der Waals surface area contributed by atoms with Gasteiger partial charge in [-0.1, -0.05) is 26.0 Å². The fourth-order valence-corrected chi connectivity index (χ4v) is 3.63. The van der Waals surface area contributed by atoms with Gasteiger partial charge in [-0.2, -0.15) is 0 Å². The number of ether oxygens (including phenoxy) is 1. The first kappa shape index (κ1) is 20.7. The topological polar surface area (TPSA) is 106 Å². The standard InChI is InChI=1S/C18H30N4O3S/c1-14(2)15-6-5-7-16(12-15)22-18(19)20-9-11-26(23,24)21-13-17-8-3-4-10-25-17/h5-7,12,14,17,21H,3-4,8-11,13H2,1-2H3,(H3,19,20,22). The number of nitrogens with two attached hydrogens (primary N) is 1. The van der Waals surface area contributed by atoms with E-state index in [0.717, 1.165) is 24.9 Å². The van der Waals surface area contributed by atoms with Crippen LogP contribution in [0.5, 0.6) is 0 Å². The van der Waals surface area contributed by atoms with E-state index in [1.165, 1.54) is 5.56 Å². The van der Waals surface area contributed by atoms with Gasteiger partial charge >= 0.3 is 0 Å². The molecule has 0 aromatic heterocycles. The van der Waals surface area contributed by atoms with E-state index >= 15 is 0 Å². The van der Waals surface area contributed by atoms with Gasteiger partial charge in [0.25, 0.3) is 0 Å². The van der Waals surface area contributed by atoms with E-state index in [4.69, 9.17) is 10.5 Å². The average molecular weight is 383 g/mol. The fourth-order valence-electron chi connectivity index (χ4n) is 2.71. The minimum Gasteiger partial charge on any atom is -0.377 e. The molecule has 0 saturated carbocycles. The maximum absolute atomic E-state index is 12.0. The Balaban J connectivity index is 1.77. The zero-order chi connectivity index (χ0) is 19.0. The summed E-state index contributed by atoms with van der Waals surface area (Å²) in [7, 11) is -3.39. The molecular weight excluding hydrogens is 352 g/mol. The highest BCUT2D eigenvalue weighted by Gasteiger charge is 2.17. The zero-order valence-electron chi connectivity index (χ0n) is 15.6. The molecule has 1 fully saturated rings. The second-order valence-electron chi connectivity index (χ2n) is 6.83. The number of sulfonamides is 1. The predicted octanol–water partition coefficient (Wildman–Crippen LogP) is 2.03. The minimum atomic E-state index is -3.39. The van der Waals surface area contributed by atoms with E-state index < -0.39 is 10.0 Å². The van der Waals surface area contributed by atoms with Crippen LogP contribution in [0.25, 0.3) is 0 Å². The number of nitrogens with one attached hydrogen (secondary N) is 2. The summed E-state index contributed by atoms with van der Waals surface area (Å²) in [5.41, 5.74) is 7.89. The van der Waals surface area contributed by atoms with Crippen LogP contribution in [0.2, 0.25) is 0 Å². The third-order valence-electron chi connectivity index (χ3n) is 4.27. The minimum absolute atomic E-state index is 0.0259. The summed E-state index contributed by atoms with van der Waals surface area (Å²) in [6.45, 7) is 5.36. The number of nitrogens with zero attached hydrogens (tertiary/aromatic N) is 1. The molecule has 1 atom stereocenters. The van der Waals surface area contributed by atoms with Crippen LogP contribution in [0.4, 0.5) is 5.69 Å². The SMILES string of the molecule is CC(C)c1cccc(NC(N)=NCCS(=O)(=O)NCC2CCCCO2)c1. The van der Waals surface area contributed by atoms with Crippen LogP contribution in [-0.4, -0.2) is 45.9 Å². The number of anilines is 1. The van der Waals surface area contributed by atoms with Crippen molar-refractivity contribution in [3.8, 4) is 0 Å². The van der Waals surface area contributed by atoms with Gasteiger partial charge in [-0.25, -0.2) is 13.1 Å². The van der Waals surface area contributed by atoms with Crippen LogP contribution in [0.1, 0.15) is 44.6 Å². The third-order valence-corrected chi connectivity index (χ3v) is 5.60. The van der Waals surface area contributed by atoms with E-state index in [-0.39, 0.29) is 24.4 Å². The lowest BCUT2D eigenvalue weighted by Crippen LogP contribution is -2.37. The first-order chi connectivity index (χ1) is 12.4. The van der Waals surface area contributed by atoms with Gasteiger partial charge in [-0.15, -0.1) is 0 Å². The molecule has 1 aliphatic heterocycles. The molecule has 1 heterocycles. The molecule has 146 valence electrons. The highest BCUT2D eigenvalue weighted by molar-refractivity contribution is 7.89. The Hall–Kier alpha value is -1.64. The van der Waals surface area contributed by atoms with Crippen molar-refractivity contribution in [1.29, 1.82) is 0 Å². The van der Waals surface area contributed by atoms with Gasteiger partial charge in [0.2, 0.25) is 10.0 Å². The molecule has 0 bridgehead atoms. The van der Waals surface area contributed by atoms with E-state index in [9.17, 15) is 8.42 Å². The molecule has 2 rings (SSSR count). The largest absolute Gasteiger partial charge is 0.377 e. The van der Waals surface area contributed by atoms with Crippen molar-refractivity contribution in [2.75, 3.05) is 30.8 Å². The van der Waals surface area contributed by atoms with E-state index in [1.807, 2.05) is 18.2 Å². The summed E-state index contributed by atoms with van der Waals surface area (Å²) >= 11 is 0. The van der Waals surface area contributed by atoms with E-state index in [2.05, 4.69) is 34.9 Å². The summed E-state index contributed by atoms with van der Waals surface area (Å²) in [4.78, 5) is 4.11. The lowest BCUT2D eigenvalue weighted by atomic mass is 10.0. The highest BCUT2D eigenvalue weighted by atomic mass is 32.2. The molecule has 8 heteroatoms. The Morgan fingerprint density at radius 3 is 2.88 bits per heavy atom. The maximum Gasteiger partial charge on any atom is 0.213 e. The Morgan fingerprint density at radius 2 is 2.19 bits per heavy atom. The number of hydrogen-bond acceptors (Lipinski definition) is 4. The molecule has 0 aliphatic carbocycles. The van der Waals surface area contributed by atoms with Crippen molar-refractivity contribution in [2.45, 2.75) is 45.1 Å². The Kier molecular flexibility index (Phi) is 7.86. The molecule has 0 spiro atoms.